The van der Waals surface area contributed by atoms with Gasteiger partial charge in [0, 0.05) is 47.3 Å². The minimum absolute atomic E-state index is 0. The molecule has 0 radical (unpaired) electrons. The Labute approximate surface area is 58.0 Å². The summed E-state index contributed by atoms with van der Waals surface area (Å²) in [4.78, 5) is 0. The second-order valence-electron chi connectivity index (χ2n) is 0. The Kier molecular flexibility index (Phi) is 306. The summed E-state index contributed by atoms with van der Waals surface area (Å²) in [6.45, 7) is 0. The first-order valence-electron chi connectivity index (χ1n) is 0. The average molecular weight is 311 g/mol. The van der Waals surface area contributed by atoms with Gasteiger partial charge < -0.3 is 11.0 Å². The van der Waals surface area contributed by atoms with Crippen molar-refractivity contribution in [3.63, 3.8) is 0 Å². The Bertz CT molecular complexity index is 6.00. The van der Waals surface area contributed by atoms with Crippen molar-refractivity contribution in [2.45, 2.75) is 0 Å². The Morgan fingerprint density at radius 1 is 0.750 bits per heavy atom. The standard InChI is InChI=1S/2H2O.W.Zr/h2*1H2;;. The van der Waals surface area contributed by atoms with Crippen LogP contribution in [0.2, 0.25) is 0 Å². The summed E-state index contributed by atoms with van der Waals surface area (Å²) in [5.41, 5.74) is 0. The van der Waals surface area contributed by atoms with Crippen molar-refractivity contribution in [3.8, 4) is 0 Å². The third kappa shape index (κ3) is 9.74. The van der Waals surface area contributed by atoms with Crippen molar-refractivity contribution < 1.29 is 58.2 Å². The smallest absolute Gasteiger partial charge is 0 e. The molecule has 0 saturated heterocycles. The van der Waals surface area contributed by atoms with Crippen LogP contribution in [0.15, 0.2) is 0 Å². The summed E-state index contributed by atoms with van der Waals surface area (Å²) in [5, 5.41) is 0. The number of hydrogen-bond acceptors (Lipinski definition) is 0. The SMILES string of the molecule is O.O.[W].[Zr]. The largest absolute Gasteiger partial charge is 0.412 e. The fraction of sp³-hybridized carbons (Fsp3) is 0. The Balaban J connectivity index is 0. The van der Waals surface area contributed by atoms with Crippen LogP contribution in [0.25, 0.3) is 0 Å². The van der Waals surface area contributed by atoms with E-state index in [0.717, 1.165) is 0 Å². The van der Waals surface area contributed by atoms with Crippen LogP contribution in [-0.4, -0.2) is 11.0 Å². The molecule has 0 heterocycles. The molecular weight excluding hydrogens is 307 g/mol. The summed E-state index contributed by atoms with van der Waals surface area (Å²) in [6.07, 6.45) is 0. The van der Waals surface area contributed by atoms with Gasteiger partial charge >= 0.3 is 0 Å². The summed E-state index contributed by atoms with van der Waals surface area (Å²) in [5.74, 6) is 0. The maximum Gasteiger partial charge on any atom is 0 e. The molecule has 0 aliphatic rings. The van der Waals surface area contributed by atoms with Gasteiger partial charge in [0.2, 0.25) is 0 Å². The summed E-state index contributed by atoms with van der Waals surface area (Å²) in [7, 11) is 0. The molecule has 0 rings (SSSR count). The van der Waals surface area contributed by atoms with Crippen molar-refractivity contribution in [2.24, 2.45) is 0 Å². The topological polar surface area (TPSA) is 63.0 Å². The zero-order valence-corrected chi connectivity index (χ0v) is 7.30. The van der Waals surface area contributed by atoms with Crippen LogP contribution in [0.3, 0.4) is 0 Å². The summed E-state index contributed by atoms with van der Waals surface area (Å²) >= 11 is 0. The van der Waals surface area contributed by atoms with Crippen molar-refractivity contribution in [2.75, 3.05) is 0 Å². The second kappa shape index (κ2) is 24.6. The quantitative estimate of drug-likeness (QED) is 0.514. The minimum Gasteiger partial charge on any atom is -0.412 e. The van der Waals surface area contributed by atoms with Gasteiger partial charge in [0.15, 0.2) is 0 Å². The van der Waals surface area contributed by atoms with Crippen LogP contribution in [0.4, 0.5) is 0 Å². The third-order valence-electron chi connectivity index (χ3n) is 0. The van der Waals surface area contributed by atoms with Gasteiger partial charge in [0.05, 0.1) is 0 Å². The van der Waals surface area contributed by atoms with Gasteiger partial charge in [0.1, 0.15) is 0 Å². The molecule has 0 aromatic carbocycles. The molecule has 0 atom stereocenters. The zero-order valence-electron chi connectivity index (χ0n) is 1.91. The zero-order chi connectivity index (χ0) is 0. The van der Waals surface area contributed by atoms with E-state index < -0.39 is 0 Å². The predicted molar refractivity (Wildman–Crippen MR) is 7.23 cm³/mol. The maximum absolute atomic E-state index is 0. The Hall–Kier alpha value is 1.49. The molecule has 0 aromatic heterocycles. The molecular formula is H4O2WZr. The van der Waals surface area contributed by atoms with Crippen molar-refractivity contribution >= 4 is 0 Å². The van der Waals surface area contributed by atoms with Crippen LogP contribution >= 0.6 is 0 Å². The average Bonchev–Trinajstić information content (AvgIpc) is 0. The third-order valence-corrected chi connectivity index (χ3v) is 0. The van der Waals surface area contributed by atoms with E-state index in [2.05, 4.69) is 0 Å². The molecule has 4 heteroatoms. The van der Waals surface area contributed by atoms with Gasteiger partial charge in [-0.15, -0.1) is 0 Å². The number of rotatable bonds is 0. The molecule has 26 valence electrons. The predicted octanol–water partition coefficient (Wildman–Crippen LogP) is -1.65. The summed E-state index contributed by atoms with van der Waals surface area (Å²) < 4.78 is 0. The Morgan fingerprint density at radius 2 is 0.750 bits per heavy atom. The molecule has 0 bridgehead atoms. The van der Waals surface area contributed by atoms with Crippen molar-refractivity contribution in [1.29, 1.82) is 0 Å². The van der Waals surface area contributed by atoms with Crippen LogP contribution < -0.4 is 0 Å². The molecule has 4 heavy (non-hydrogen) atoms. The second-order valence-corrected chi connectivity index (χ2v) is 0. The first-order valence-corrected chi connectivity index (χ1v) is 0. The molecule has 0 spiro atoms. The molecule has 4 N–H and O–H groups in total. The van der Waals surface area contributed by atoms with Crippen LogP contribution in [-0.2, 0) is 47.3 Å². The number of hydrogen-bond donors (Lipinski definition) is 0. The molecule has 0 aromatic rings. The molecule has 0 amide bonds. The van der Waals surface area contributed by atoms with Gasteiger partial charge in [-0.2, -0.15) is 0 Å². The molecule has 0 fully saturated rings. The van der Waals surface area contributed by atoms with Crippen molar-refractivity contribution in [1.82, 2.24) is 0 Å². The van der Waals surface area contributed by atoms with E-state index in [-0.39, 0.29) is 58.2 Å². The van der Waals surface area contributed by atoms with E-state index >= 15 is 0 Å². The van der Waals surface area contributed by atoms with E-state index in [0.29, 0.717) is 0 Å². The molecule has 0 aliphatic carbocycles. The normalized spacial score (nSPS) is 0. The molecule has 0 aliphatic heterocycles. The van der Waals surface area contributed by atoms with E-state index in [1.807, 2.05) is 0 Å². The minimum atomic E-state index is 0. The Morgan fingerprint density at radius 3 is 0.750 bits per heavy atom. The monoisotopic (exact) mass is 310 g/mol. The molecule has 0 unspecified atom stereocenters. The van der Waals surface area contributed by atoms with Gasteiger partial charge in [-0.05, 0) is 0 Å². The molecule has 2 nitrogen and oxygen atoms in total. The first-order chi connectivity index (χ1) is 0. The van der Waals surface area contributed by atoms with Crippen LogP contribution in [0.5, 0.6) is 0 Å². The van der Waals surface area contributed by atoms with Gasteiger partial charge in [-0.1, -0.05) is 0 Å². The molecule has 0 saturated carbocycles. The maximum atomic E-state index is 0. The van der Waals surface area contributed by atoms with Crippen LogP contribution in [0, 0.1) is 0 Å². The van der Waals surface area contributed by atoms with E-state index in [4.69, 9.17) is 0 Å². The van der Waals surface area contributed by atoms with Crippen LogP contribution in [0.1, 0.15) is 0 Å². The first kappa shape index (κ1) is 49.8. The fourth-order valence-corrected chi connectivity index (χ4v) is 0. The summed E-state index contributed by atoms with van der Waals surface area (Å²) in [6, 6.07) is 0. The van der Waals surface area contributed by atoms with Gasteiger partial charge in [-0.25, -0.2) is 0 Å². The fourth-order valence-electron chi connectivity index (χ4n) is 0. The van der Waals surface area contributed by atoms with E-state index in [1.54, 1.807) is 0 Å². The van der Waals surface area contributed by atoms with E-state index in [9.17, 15) is 0 Å². The van der Waals surface area contributed by atoms with Gasteiger partial charge in [0.25, 0.3) is 0 Å². The van der Waals surface area contributed by atoms with Crippen molar-refractivity contribution in [3.05, 3.63) is 0 Å². The van der Waals surface area contributed by atoms with Gasteiger partial charge in [-0.3, -0.25) is 0 Å². The van der Waals surface area contributed by atoms with E-state index in [1.165, 1.54) is 0 Å².